The maximum Gasteiger partial charge on any atom is 0.245 e. The van der Waals surface area contributed by atoms with Crippen LogP contribution in [0.15, 0.2) is 47.4 Å². The van der Waals surface area contributed by atoms with E-state index in [1.54, 1.807) is 29.2 Å². The van der Waals surface area contributed by atoms with E-state index in [1.807, 2.05) is 27.7 Å². The van der Waals surface area contributed by atoms with Crippen LogP contribution in [-0.4, -0.2) is 69.8 Å². The lowest BCUT2D eigenvalue weighted by molar-refractivity contribution is -0.163. The number of ether oxygens (including phenoxy) is 2. The first-order valence-electron chi connectivity index (χ1n) is 12.9. The van der Waals surface area contributed by atoms with Crippen molar-refractivity contribution in [3.63, 3.8) is 0 Å². The summed E-state index contributed by atoms with van der Waals surface area (Å²) in [5, 5.41) is 3.21. The Morgan fingerprint density at radius 2 is 1.65 bits per heavy atom. The van der Waals surface area contributed by atoms with Crippen LogP contribution in [0.5, 0.6) is 0 Å². The highest BCUT2D eigenvalue weighted by molar-refractivity contribution is 7.89. The zero-order chi connectivity index (χ0) is 29.9. The Bertz CT molecular complexity index is 1230. The molecule has 0 aromatic heterocycles. The first-order chi connectivity index (χ1) is 18.9. The van der Waals surface area contributed by atoms with E-state index < -0.39 is 44.8 Å². The van der Waals surface area contributed by atoms with Crippen molar-refractivity contribution >= 4 is 33.4 Å². The molecule has 2 rings (SSSR count). The van der Waals surface area contributed by atoms with Gasteiger partial charge in [0.2, 0.25) is 21.8 Å². The van der Waals surface area contributed by atoms with Gasteiger partial charge in [0.1, 0.15) is 22.6 Å². The van der Waals surface area contributed by atoms with Crippen molar-refractivity contribution in [3.8, 4) is 0 Å². The van der Waals surface area contributed by atoms with Gasteiger partial charge in [-0.05, 0) is 57.5 Å². The molecule has 0 aliphatic heterocycles. The number of sulfonamides is 1. The second-order valence-electron chi connectivity index (χ2n) is 9.10. The SMILES string of the molecule is CCOC(CN(C(=O)C(Cc1ccc(Cl)cc1)NC(=O)CCNS(=O)(=O)c1ccc(F)cc1F)C(C)C)OCC. The highest BCUT2D eigenvalue weighted by Crippen LogP contribution is 2.16. The third-order valence-corrected chi connectivity index (χ3v) is 7.52. The molecule has 2 aromatic rings. The van der Waals surface area contributed by atoms with Crippen LogP contribution in [0.3, 0.4) is 0 Å². The standard InChI is InChI=1S/C27H36ClF2N3O6S/c1-5-38-26(39-6-2)17-33(18(3)4)27(35)23(15-19-7-9-20(28)10-8-19)32-25(34)13-14-31-40(36,37)24-12-11-21(29)16-22(24)30/h7-12,16,18,23,26,31H,5-6,13-15,17H2,1-4H3,(H,32,34). The molecule has 40 heavy (non-hydrogen) atoms. The molecule has 1 unspecified atom stereocenters. The van der Waals surface area contributed by atoms with Gasteiger partial charge >= 0.3 is 0 Å². The first kappa shape index (κ1) is 33.6. The summed E-state index contributed by atoms with van der Waals surface area (Å²) in [4.78, 5) is 27.4. The highest BCUT2D eigenvalue weighted by atomic mass is 35.5. The van der Waals surface area contributed by atoms with E-state index in [0.29, 0.717) is 24.3 Å². The molecule has 0 radical (unpaired) electrons. The quantitative estimate of drug-likeness (QED) is 0.283. The molecule has 1 atom stereocenters. The molecule has 0 aliphatic rings. The Kier molecular flexibility index (Phi) is 13.4. The zero-order valence-electron chi connectivity index (χ0n) is 23.0. The number of carbonyl (C=O) groups excluding carboxylic acids is 2. The molecule has 2 amide bonds. The molecular weight excluding hydrogens is 568 g/mol. The van der Waals surface area contributed by atoms with Crippen molar-refractivity contribution in [1.82, 2.24) is 14.9 Å². The van der Waals surface area contributed by atoms with Crippen molar-refractivity contribution in [2.75, 3.05) is 26.3 Å². The Labute approximate surface area is 239 Å². The van der Waals surface area contributed by atoms with Gasteiger partial charge in [-0.3, -0.25) is 9.59 Å². The fraction of sp³-hybridized carbons (Fsp3) is 0.481. The van der Waals surface area contributed by atoms with Crippen LogP contribution in [0.4, 0.5) is 8.78 Å². The predicted octanol–water partition coefficient (Wildman–Crippen LogP) is 3.65. The maximum atomic E-state index is 13.9. The fourth-order valence-corrected chi connectivity index (χ4v) is 5.05. The van der Waals surface area contributed by atoms with Crippen LogP contribution in [-0.2, 0) is 35.5 Å². The second-order valence-corrected chi connectivity index (χ2v) is 11.3. The number of amides is 2. The van der Waals surface area contributed by atoms with Gasteiger partial charge < -0.3 is 19.7 Å². The topological polar surface area (TPSA) is 114 Å². The molecule has 13 heteroatoms. The van der Waals surface area contributed by atoms with Gasteiger partial charge in [-0.25, -0.2) is 21.9 Å². The molecule has 9 nitrogen and oxygen atoms in total. The maximum absolute atomic E-state index is 13.9. The first-order valence-corrected chi connectivity index (χ1v) is 14.8. The van der Waals surface area contributed by atoms with Crippen LogP contribution in [0.25, 0.3) is 0 Å². The third-order valence-electron chi connectivity index (χ3n) is 5.77. The van der Waals surface area contributed by atoms with E-state index in [4.69, 9.17) is 21.1 Å². The van der Waals surface area contributed by atoms with Crippen LogP contribution < -0.4 is 10.0 Å². The normalized spacial score (nSPS) is 12.5. The molecule has 2 aromatic carbocycles. The molecular formula is C27H36ClF2N3O6S. The van der Waals surface area contributed by atoms with E-state index in [2.05, 4.69) is 10.0 Å². The summed E-state index contributed by atoms with van der Waals surface area (Å²) < 4.78 is 65.3. The molecule has 0 saturated carbocycles. The summed E-state index contributed by atoms with van der Waals surface area (Å²) in [6, 6.07) is 7.64. The number of nitrogens with one attached hydrogen (secondary N) is 2. The Balaban J connectivity index is 2.17. The van der Waals surface area contributed by atoms with E-state index in [1.165, 1.54) is 0 Å². The molecule has 0 aliphatic carbocycles. The average Bonchev–Trinajstić information content (AvgIpc) is 2.87. The minimum atomic E-state index is -4.34. The Morgan fingerprint density at radius 1 is 1.02 bits per heavy atom. The number of nitrogens with zero attached hydrogens (tertiary/aromatic N) is 1. The van der Waals surface area contributed by atoms with Crippen LogP contribution in [0.1, 0.15) is 39.7 Å². The molecule has 0 heterocycles. The molecule has 0 spiro atoms. The minimum Gasteiger partial charge on any atom is -0.351 e. The number of hydrogen-bond acceptors (Lipinski definition) is 6. The Hall–Kier alpha value is -2.64. The number of benzene rings is 2. The van der Waals surface area contributed by atoms with E-state index in [-0.39, 0.29) is 37.9 Å². The molecule has 0 bridgehead atoms. The van der Waals surface area contributed by atoms with E-state index in [9.17, 15) is 26.8 Å². The van der Waals surface area contributed by atoms with Crippen molar-refractivity contribution in [3.05, 3.63) is 64.7 Å². The highest BCUT2D eigenvalue weighted by Gasteiger charge is 2.30. The Morgan fingerprint density at radius 3 is 2.20 bits per heavy atom. The van der Waals surface area contributed by atoms with E-state index in [0.717, 1.165) is 17.7 Å². The van der Waals surface area contributed by atoms with Gasteiger partial charge in [0.15, 0.2) is 6.29 Å². The van der Waals surface area contributed by atoms with Crippen LogP contribution >= 0.6 is 11.6 Å². The lowest BCUT2D eigenvalue weighted by Crippen LogP contribution is -2.54. The zero-order valence-corrected chi connectivity index (χ0v) is 24.5. The average molecular weight is 604 g/mol. The van der Waals surface area contributed by atoms with E-state index >= 15 is 0 Å². The van der Waals surface area contributed by atoms with Crippen molar-refractivity contribution < 1.29 is 36.3 Å². The van der Waals surface area contributed by atoms with Gasteiger partial charge in [0, 0.05) is 49.7 Å². The van der Waals surface area contributed by atoms with Gasteiger partial charge in [-0.2, -0.15) is 0 Å². The number of halogens is 3. The summed E-state index contributed by atoms with van der Waals surface area (Å²) in [6.45, 7) is 7.81. The van der Waals surface area contributed by atoms with Gasteiger partial charge in [-0.15, -0.1) is 0 Å². The number of carbonyl (C=O) groups is 2. The smallest absolute Gasteiger partial charge is 0.245 e. The largest absolute Gasteiger partial charge is 0.351 e. The molecule has 2 N–H and O–H groups in total. The van der Waals surface area contributed by atoms with Crippen molar-refractivity contribution in [2.45, 2.75) is 63.8 Å². The summed E-state index contributed by atoms with van der Waals surface area (Å²) in [5.74, 6) is -3.16. The molecule has 0 fully saturated rings. The summed E-state index contributed by atoms with van der Waals surface area (Å²) in [6.07, 6.45) is -0.852. The number of hydrogen-bond donors (Lipinski definition) is 2. The lowest BCUT2D eigenvalue weighted by Gasteiger charge is -2.33. The second kappa shape index (κ2) is 16.0. The monoisotopic (exact) mass is 603 g/mol. The van der Waals surface area contributed by atoms with Crippen LogP contribution in [0.2, 0.25) is 5.02 Å². The summed E-state index contributed by atoms with van der Waals surface area (Å²) >= 11 is 5.99. The minimum absolute atomic E-state index is 0.133. The van der Waals surface area contributed by atoms with Crippen LogP contribution in [0, 0.1) is 11.6 Å². The third kappa shape index (κ3) is 10.4. The molecule has 222 valence electrons. The van der Waals surface area contributed by atoms with Gasteiger partial charge in [0.05, 0.1) is 6.54 Å². The van der Waals surface area contributed by atoms with Crippen molar-refractivity contribution in [2.24, 2.45) is 0 Å². The lowest BCUT2D eigenvalue weighted by atomic mass is 10.0. The summed E-state index contributed by atoms with van der Waals surface area (Å²) in [5.41, 5.74) is 0.741. The van der Waals surface area contributed by atoms with Gasteiger partial charge in [0.25, 0.3) is 0 Å². The number of rotatable bonds is 16. The molecule has 0 saturated heterocycles. The van der Waals surface area contributed by atoms with Crippen molar-refractivity contribution in [1.29, 1.82) is 0 Å². The predicted molar refractivity (Wildman–Crippen MR) is 147 cm³/mol. The van der Waals surface area contributed by atoms with Gasteiger partial charge in [-0.1, -0.05) is 23.7 Å². The fourth-order valence-electron chi connectivity index (χ4n) is 3.83. The summed E-state index contributed by atoms with van der Waals surface area (Å²) in [7, 11) is -4.34.